The smallest absolute Gasteiger partial charge is 0.119 e. The lowest BCUT2D eigenvalue weighted by molar-refractivity contribution is 0.339. The number of benzene rings is 1. The van der Waals surface area contributed by atoms with Gasteiger partial charge in [-0.1, -0.05) is 51.2 Å². The van der Waals surface area contributed by atoms with Crippen LogP contribution in [0, 0.1) is 0 Å². The van der Waals surface area contributed by atoms with Crippen LogP contribution in [0.15, 0.2) is 24.3 Å². The Balaban J connectivity index is 2.46. The molecule has 1 unspecified atom stereocenters. The summed E-state index contributed by atoms with van der Waals surface area (Å²) in [5.41, 5.74) is 4.14. The highest BCUT2D eigenvalue weighted by molar-refractivity contribution is 5.30. The summed E-state index contributed by atoms with van der Waals surface area (Å²) >= 11 is 0. The van der Waals surface area contributed by atoms with Crippen LogP contribution >= 0.6 is 0 Å². The third kappa shape index (κ3) is 6.08. The second-order valence-corrected chi connectivity index (χ2v) is 4.93. The Labute approximate surface area is 117 Å². The third-order valence-electron chi connectivity index (χ3n) is 3.37. The molecule has 3 N–H and O–H groups in total. The number of nitrogens with two attached hydrogens (primary N) is 1. The molecule has 0 saturated heterocycles. The van der Waals surface area contributed by atoms with E-state index in [2.05, 4.69) is 24.5 Å². The van der Waals surface area contributed by atoms with Crippen molar-refractivity contribution in [3.8, 4) is 5.75 Å². The maximum atomic E-state index is 5.68. The highest BCUT2D eigenvalue weighted by atomic mass is 16.5. The first-order valence-corrected chi connectivity index (χ1v) is 7.50. The van der Waals surface area contributed by atoms with Crippen LogP contribution < -0.4 is 16.0 Å². The second kappa shape index (κ2) is 9.82. The molecule has 0 aliphatic rings. The number of hydrogen-bond donors (Lipinski definition) is 2. The molecular weight excluding hydrogens is 236 g/mol. The van der Waals surface area contributed by atoms with Crippen molar-refractivity contribution < 1.29 is 4.74 Å². The van der Waals surface area contributed by atoms with Gasteiger partial charge in [0.05, 0.1) is 6.61 Å². The molecule has 1 aromatic rings. The van der Waals surface area contributed by atoms with Crippen molar-refractivity contribution in [1.82, 2.24) is 5.43 Å². The number of hydrazine groups is 1. The van der Waals surface area contributed by atoms with Gasteiger partial charge in [0.15, 0.2) is 0 Å². The molecule has 1 rings (SSSR count). The average molecular weight is 264 g/mol. The summed E-state index contributed by atoms with van der Waals surface area (Å²) in [6.07, 6.45) is 7.53. The van der Waals surface area contributed by atoms with Crippen LogP contribution in [0.1, 0.15) is 64.0 Å². The molecule has 3 heteroatoms. The van der Waals surface area contributed by atoms with E-state index in [1.54, 1.807) is 0 Å². The van der Waals surface area contributed by atoms with Gasteiger partial charge in [-0.3, -0.25) is 11.3 Å². The standard InChI is InChI=1S/C16H28N2O/c1-3-5-6-7-8-12-16(18-17)14-10-9-11-15(13-14)19-4-2/h9-11,13,16,18H,3-8,12,17H2,1-2H3. The highest BCUT2D eigenvalue weighted by Gasteiger charge is 2.09. The third-order valence-corrected chi connectivity index (χ3v) is 3.37. The number of hydrogen-bond acceptors (Lipinski definition) is 3. The van der Waals surface area contributed by atoms with Crippen molar-refractivity contribution in [1.29, 1.82) is 0 Å². The molecule has 0 saturated carbocycles. The molecule has 0 heterocycles. The largest absolute Gasteiger partial charge is 0.494 e. The fourth-order valence-corrected chi connectivity index (χ4v) is 2.29. The van der Waals surface area contributed by atoms with Gasteiger partial charge in [0, 0.05) is 6.04 Å². The normalized spacial score (nSPS) is 12.4. The van der Waals surface area contributed by atoms with Gasteiger partial charge in [-0.15, -0.1) is 0 Å². The van der Waals surface area contributed by atoms with Gasteiger partial charge in [0.2, 0.25) is 0 Å². The first kappa shape index (κ1) is 16.0. The highest BCUT2D eigenvalue weighted by Crippen LogP contribution is 2.23. The monoisotopic (exact) mass is 264 g/mol. The molecule has 1 aromatic carbocycles. The maximum absolute atomic E-state index is 5.68. The van der Waals surface area contributed by atoms with E-state index in [-0.39, 0.29) is 6.04 Å². The molecule has 0 aromatic heterocycles. The van der Waals surface area contributed by atoms with E-state index in [1.165, 1.54) is 37.7 Å². The van der Waals surface area contributed by atoms with E-state index >= 15 is 0 Å². The van der Waals surface area contributed by atoms with Crippen molar-refractivity contribution in [3.05, 3.63) is 29.8 Å². The van der Waals surface area contributed by atoms with Crippen molar-refractivity contribution in [2.24, 2.45) is 5.84 Å². The minimum absolute atomic E-state index is 0.224. The minimum atomic E-state index is 0.224. The van der Waals surface area contributed by atoms with Crippen molar-refractivity contribution in [3.63, 3.8) is 0 Å². The summed E-state index contributed by atoms with van der Waals surface area (Å²) in [4.78, 5) is 0. The molecule has 0 aliphatic heterocycles. The van der Waals surface area contributed by atoms with Gasteiger partial charge in [-0.05, 0) is 31.0 Å². The van der Waals surface area contributed by atoms with E-state index in [0.29, 0.717) is 6.61 Å². The van der Waals surface area contributed by atoms with E-state index in [0.717, 1.165) is 12.2 Å². The Morgan fingerprint density at radius 1 is 1.16 bits per heavy atom. The van der Waals surface area contributed by atoms with Crippen molar-refractivity contribution in [2.45, 2.75) is 58.4 Å². The Hall–Kier alpha value is -1.06. The molecule has 0 bridgehead atoms. The first-order chi connectivity index (χ1) is 9.31. The predicted molar refractivity (Wildman–Crippen MR) is 81.1 cm³/mol. The molecule has 3 nitrogen and oxygen atoms in total. The SMILES string of the molecule is CCCCCCCC(NN)c1cccc(OCC)c1. The number of ether oxygens (including phenoxy) is 1. The number of nitrogens with one attached hydrogen (secondary N) is 1. The van der Waals surface area contributed by atoms with Crippen LogP contribution in [-0.4, -0.2) is 6.61 Å². The topological polar surface area (TPSA) is 47.3 Å². The molecule has 0 aliphatic carbocycles. The van der Waals surface area contributed by atoms with Crippen LogP contribution in [-0.2, 0) is 0 Å². The van der Waals surface area contributed by atoms with E-state index < -0.39 is 0 Å². The summed E-state index contributed by atoms with van der Waals surface area (Å²) in [5.74, 6) is 6.60. The molecule has 19 heavy (non-hydrogen) atoms. The van der Waals surface area contributed by atoms with Gasteiger partial charge in [0.25, 0.3) is 0 Å². The minimum Gasteiger partial charge on any atom is -0.494 e. The quantitative estimate of drug-likeness (QED) is 0.382. The fraction of sp³-hybridized carbons (Fsp3) is 0.625. The lowest BCUT2D eigenvalue weighted by atomic mass is 10.00. The lowest BCUT2D eigenvalue weighted by Crippen LogP contribution is -2.28. The molecule has 0 amide bonds. The van der Waals surface area contributed by atoms with Crippen LogP contribution in [0.3, 0.4) is 0 Å². The van der Waals surface area contributed by atoms with Crippen LogP contribution in [0.25, 0.3) is 0 Å². The molecule has 108 valence electrons. The zero-order chi connectivity index (χ0) is 13.9. The number of unbranched alkanes of at least 4 members (excludes halogenated alkanes) is 4. The summed E-state index contributed by atoms with van der Waals surface area (Å²) in [6.45, 7) is 4.93. The average Bonchev–Trinajstić information content (AvgIpc) is 2.43. The Bertz CT molecular complexity index is 341. The van der Waals surface area contributed by atoms with E-state index in [9.17, 15) is 0 Å². The second-order valence-electron chi connectivity index (χ2n) is 4.93. The van der Waals surface area contributed by atoms with Crippen molar-refractivity contribution in [2.75, 3.05) is 6.61 Å². The summed E-state index contributed by atoms with van der Waals surface area (Å²) in [5, 5.41) is 0. The van der Waals surface area contributed by atoms with Crippen molar-refractivity contribution >= 4 is 0 Å². The van der Waals surface area contributed by atoms with E-state index in [1.807, 2.05) is 19.1 Å². The summed E-state index contributed by atoms with van der Waals surface area (Å²) < 4.78 is 5.53. The number of rotatable bonds is 10. The Morgan fingerprint density at radius 2 is 1.95 bits per heavy atom. The fourth-order valence-electron chi connectivity index (χ4n) is 2.29. The zero-order valence-electron chi connectivity index (χ0n) is 12.3. The van der Waals surface area contributed by atoms with Gasteiger partial charge < -0.3 is 4.74 Å². The lowest BCUT2D eigenvalue weighted by Gasteiger charge is -2.17. The van der Waals surface area contributed by atoms with E-state index in [4.69, 9.17) is 10.6 Å². The predicted octanol–water partition coefficient (Wildman–Crippen LogP) is 3.95. The Morgan fingerprint density at radius 3 is 2.63 bits per heavy atom. The first-order valence-electron chi connectivity index (χ1n) is 7.50. The Kier molecular flexibility index (Phi) is 8.26. The molecule has 1 atom stereocenters. The van der Waals surface area contributed by atoms with Gasteiger partial charge in [-0.2, -0.15) is 0 Å². The van der Waals surface area contributed by atoms with Crippen LogP contribution in [0.5, 0.6) is 5.75 Å². The summed E-state index contributed by atoms with van der Waals surface area (Å²) in [7, 11) is 0. The molecule has 0 radical (unpaired) electrons. The zero-order valence-corrected chi connectivity index (χ0v) is 12.3. The van der Waals surface area contributed by atoms with Crippen LogP contribution in [0.2, 0.25) is 0 Å². The summed E-state index contributed by atoms with van der Waals surface area (Å²) in [6, 6.07) is 8.44. The molecular formula is C16H28N2O. The van der Waals surface area contributed by atoms with Crippen LogP contribution in [0.4, 0.5) is 0 Å². The van der Waals surface area contributed by atoms with Gasteiger partial charge in [0.1, 0.15) is 5.75 Å². The van der Waals surface area contributed by atoms with Gasteiger partial charge in [-0.25, -0.2) is 0 Å². The maximum Gasteiger partial charge on any atom is 0.119 e. The molecule has 0 fully saturated rings. The van der Waals surface area contributed by atoms with Gasteiger partial charge >= 0.3 is 0 Å². The molecule has 0 spiro atoms.